The van der Waals surface area contributed by atoms with Gasteiger partial charge < -0.3 is 19.3 Å². The maximum absolute atomic E-state index is 12.4. The Morgan fingerprint density at radius 3 is 2.12 bits per heavy atom. The summed E-state index contributed by atoms with van der Waals surface area (Å²) >= 11 is 0. The van der Waals surface area contributed by atoms with Crippen LogP contribution in [0.2, 0.25) is 0 Å². The van der Waals surface area contributed by atoms with Crippen LogP contribution in [0.4, 0.5) is 0 Å². The summed E-state index contributed by atoms with van der Waals surface area (Å²) in [4.78, 5) is 24.8. The number of hydrogen-bond donors (Lipinski definition) is 1. The molecule has 0 unspecified atom stereocenters. The van der Waals surface area contributed by atoms with Crippen LogP contribution in [0.15, 0.2) is 60.7 Å². The fraction of sp³-hybridized carbons (Fsp3) is 0.300. The van der Waals surface area contributed by atoms with Crippen LogP contribution in [0, 0.1) is 0 Å². The normalized spacial score (nSPS) is 24.8. The fourth-order valence-corrected chi connectivity index (χ4v) is 2.87. The highest BCUT2D eigenvalue weighted by Crippen LogP contribution is 2.32. The van der Waals surface area contributed by atoms with Gasteiger partial charge in [0.2, 0.25) is 0 Å². The molecule has 6 heteroatoms. The van der Waals surface area contributed by atoms with E-state index in [-0.39, 0.29) is 13.2 Å². The van der Waals surface area contributed by atoms with E-state index >= 15 is 0 Å². The molecule has 0 aliphatic carbocycles. The highest BCUT2D eigenvalue weighted by Gasteiger charge is 2.52. The van der Waals surface area contributed by atoms with Crippen LogP contribution in [0.5, 0.6) is 0 Å². The van der Waals surface area contributed by atoms with Gasteiger partial charge in [-0.2, -0.15) is 0 Å². The standard InChI is InChI=1S/C20H20O6/c1-20(26-19(23)15-10-6-3-7-11-15)13-24-16(12-21)17(20)25-18(22)14-8-4-2-5-9-14/h2-11,16-17,21H,12-13H2,1H3/t16-,17-,20+/m1/s1. The van der Waals surface area contributed by atoms with Crippen molar-refractivity contribution in [2.75, 3.05) is 13.2 Å². The van der Waals surface area contributed by atoms with Gasteiger partial charge in [-0.15, -0.1) is 0 Å². The molecule has 1 aliphatic heterocycles. The second-order valence-electron chi connectivity index (χ2n) is 6.29. The number of ether oxygens (including phenoxy) is 3. The molecule has 1 saturated heterocycles. The molecular weight excluding hydrogens is 336 g/mol. The lowest BCUT2D eigenvalue weighted by Crippen LogP contribution is -2.48. The van der Waals surface area contributed by atoms with Gasteiger partial charge in [0.05, 0.1) is 24.3 Å². The van der Waals surface area contributed by atoms with Gasteiger partial charge in [-0.1, -0.05) is 36.4 Å². The minimum Gasteiger partial charge on any atom is -0.452 e. The Kier molecular flexibility index (Phi) is 5.35. The summed E-state index contributed by atoms with van der Waals surface area (Å²) in [6, 6.07) is 17.0. The van der Waals surface area contributed by atoms with Gasteiger partial charge in [0, 0.05) is 0 Å². The zero-order valence-corrected chi connectivity index (χ0v) is 14.3. The minimum atomic E-state index is -1.20. The predicted molar refractivity (Wildman–Crippen MR) is 92.7 cm³/mol. The average molecular weight is 356 g/mol. The number of aliphatic hydroxyl groups excluding tert-OH is 1. The van der Waals surface area contributed by atoms with E-state index < -0.39 is 29.7 Å². The summed E-state index contributed by atoms with van der Waals surface area (Å²) in [5.41, 5.74) is -0.452. The molecule has 1 heterocycles. The van der Waals surface area contributed by atoms with Gasteiger partial charge in [0.1, 0.15) is 6.10 Å². The molecule has 136 valence electrons. The number of carbonyl (C=O) groups excluding carboxylic acids is 2. The number of hydrogen-bond acceptors (Lipinski definition) is 6. The van der Waals surface area contributed by atoms with Gasteiger partial charge in [0.25, 0.3) is 0 Å². The third-order valence-corrected chi connectivity index (χ3v) is 4.28. The molecule has 2 aromatic rings. The van der Waals surface area contributed by atoms with Gasteiger partial charge >= 0.3 is 11.9 Å². The lowest BCUT2D eigenvalue weighted by atomic mass is 9.98. The Labute approximate surface area is 151 Å². The molecule has 3 rings (SSSR count). The molecule has 26 heavy (non-hydrogen) atoms. The van der Waals surface area contributed by atoms with Crippen molar-refractivity contribution in [3.05, 3.63) is 71.8 Å². The number of rotatable bonds is 5. The number of aliphatic hydroxyl groups is 1. The van der Waals surface area contributed by atoms with Gasteiger partial charge in [-0.25, -0.2) is 9.59 Å². The molecule has 0 bridgehead atoms. The summed E-state index contributed by atoms with van der Waals surface area (Å²) in [7, 11) is 0. The largest absolute Gasteiger partial charge is 0.452 e. The maximum Gasteiger partial charge on any atom is 0.338 e. The van der Waals surface area contributed by atoms with Gasteiger partial charge in [-0.3, -0.25) is 0 Å². The van der Waals surface area contributed by atoms with Crippen LogP contribution in [0.1, 0.15) is 27.6 Å². The first-order valence-corrected chi connectivity index (χ1v) is 8.30. The zero-order valence-electron chi connectivity index (χ0n) is 14.3. The topological polar surface area (TPSA) is 82.1 Å². The van der Waals surface area contributed by atoms with E-state index in [2.05, 4.69) is 0 Å². The molecule has 0 amide bonds. The predicted octanol–water partition coefficient (Wildman–Crippen LogP) is 2.22. The Hall–Kier alpha value is -2.70. The smallest absolute Gasteiger partial charge is 0.338 e. The number of benzene rings is 2. The molecule has 3 atom stereocenters. The van der Waals surface area contributed by atoms with E-state index in [1.54, 1.807) is 67.6 Å². The van der Waals surface area contributed by atoms with Crippen LogP contribution in [0.25, 0.3) is 0 Å². The van der Waals surface area contributed by atoms with E-state index in [0.717, 1.165) is 0 Å². The number of carbonyl (C=O) groups is 2. The van der Waals surface area contributed by atoms with Crippen LogP contribution in [-0.4, -0.2) is 48.1 Å². The summed E-state index contributed by atoms with van der Waals surface area (Å²) in [6.45, 7) is 1.29. The second kappa shape index (κ2) is 7.68. The molecule has 0 radical (unpaired) electrons. The van der Waals surface area contributed by atoms with Crippen LogP contribution in [0.3, 0.4) is 0 Å². The quantitative estimate of drug-likeness (QED) is 0.828. The highest BCUT2D eigenvalue weighted by atomic mass is 16.6. The lowest BCUT2D eigenvalue weighted by molar-refractivity contribution is -0.0745. The van der Waals surface area contributed by atoms with Crippen molar-refractivity contribution in [2.45, 2.75) is 24.7 Å². The van der Waals surface area contributed by atoms with Crippen molar-refractivity contribution in [2.24, 2.45) is 0 Å². The van der Waals surface area contributed by atoms with Crippen molar-refractivity contribution in [1.29, 1.82) is 0 Å². The van der Waals surface area contributed by atoms with E-state index in [9.17, 15) is 14.7 Å². The van der Waals surface area contributed by atoms with Gasteiger partial charge in [-0.05, 0) is 31.2 Å². The zero-order chi connectivity index (χ0) is 18.6. The van der Waals surface area contributed by atoms with E-state index in [4.69, 9.17) is 14.2 Å². The van der Waals surface area contributed by atoms with Gasteiger partial charge in [0.15, 0.2) is 11.7 Å². The summed E-state index contributed by atoms with van der Waals surface area (Å²) in [5.74, 6) is -1.11. The molecule has 1 fully saturated rings. The molecule has 1 N–H and O–H groups in total. The first kappa shape index (κ1) is 18.1. The van der Waals surface area contributed by atoms with E-state index in [1.807, 2.05) is 0 Å². The van der Waals surface area contributed by atoms with Crippen LogP contribution >= 0.6 is 0 Å². The van der Waals surface area contributed by atoms with E-state index in [1.165, 1.54) is 0 Å². The SMILES string of the molecule is C[C@]1(OC(=O)c2ccccc2)CO[C@H](CO)[C@H]1OC(=O)c1ccccc1. The third kappa shape index (κ3) is 3.76. The van der Waals surface area contributed by atoms with Crippen molar-refractivity contribution in [3.8, 4) is 0 Å². The fourth-order valence-electron chi connectivity index (χ4n) is 2.87. The first-order chi connectivity index (χ1) is 12.5. The Morgan fingerprint density at radius 2 is 1.58 bits per heavy atom. The Bertz CT molecular complexity index is 760. The van der Waals surface area contributed by atoms with Crippen molar-refractivity contribution < 1.29 is 28.9 Å². The Morgan fingerprint density at radius 1 is 1.04 bits per heavy atom. The molecule has 0 saturated carbocycles. The summed E-state index contributed by atoms with van der Waals surface area (Å²) < 4.78 is 16.7. The molecule has 1 aliphatic rings. The van der Waals surface area contributed by atoms with Crippen molar-refractivity contribution >= 4 is 11.9 Å². The molecule has 2 aromatic carbocycles. The molecule has 0 spiro atoms. The maximum atomic E-state index is 12.4. The highest BCUT2D eigenvalue weighted by molar-refractivity contribution is 5.90. The van der Waals surface area contributed by atoms with Crippen molar-refractivity contribution in [3.63, 3.8) is 0 Å². The molecular formula is C20H20O6. The van der Waals surface area contributed by atoms with Crippen LogP contribution < -0.4 is 0 Å². The third-order valence-electron chi connectivity index (χ3n) is 4.28. The monoisotopic (exact) mass is 356 g/mol. The minimum absolute atomic E-state index is 0.0174. The average Bonchev–Trinajstić information content (AvgIpc) is 2.98. The van der Waals surface area contributed by atoms with Crippen molar-refractivity contribution in [1.82, 2.24) is 0 Å². The number of esters is 2. The summed E-state index contributed by atoms with van der Waals surface area (Å²) in [6.07, 6.45) is -1.69. The second-order valence-corrected chi connectivity index (χ2v) is 6.29. The Balaban J connectivity index is 1.78. The molecule has 6 nitrogen and oxygen atoms in total. The van der Waals surface area contributed by atoms with E-state index in [0.29, 0.717) is 11.1 Å². The summed E-state index contributed by atoms with van der Waals surface area (Å²) in [5, 5.41) is 9.55. The first-order valence-electron chi connectivity index (χ1n) is 8.30. The van der Waals surface area contributed by atoms with Crippen LogP contribution in [-0.2, 0) is 14.2 Å². The lowest BCUT2D eigenvalue weighted by Gasteiger charge is -2.30. The molecule has 0 aromatic heterocycles.